The average molecular weight is 299 g/mol. The van der Waals surface area contributed by atoms with Gasteiger partial charge in [-0.3, -0.25) is 0 Å². The number of rotatable bonds is 5. The maximum Gasteiger partial charge on any atom is 0.0362 e. The molecule has 0 saturated heterocycles. The highest BCUT2D eigenvalue weighted by Gasteiger charge is 2.02. The van der Waals surface area contributed by atoms with Crippen LogP contribution >= 0.6 is 27.3 Å². The van der Waals surface area contributed by atoms with E-state index in [0.29, 0.717) is 0 Å². The molecule has 2 aromatic heterocycles. The van der Waals surface area contributed by atoms with Crippen molar-refractivity contribution < 1.29 is 0 Å². The molecule has 0 amide bonds. The van der Waals surface area contributed by atoms with Gasteiger partial charge in [0.2, 0.25) is 0 Å². The van der Waals surface area contributed by atoms with E-state index in [1.54, 1.807) is 11.3 Å². The van der Waals surface area contributed by atoms with E-state index in [2.05, 4.69) is 62.5 Å². The number of nitrogens with zero attached hydrogens (tertiary/aromatic N) is 1. The maximum absolute atomic E-state index is 3.54. The Labute approximate surface area is 108 Å². The summed E-state index contributed by atoms with van der Waals surface area (Å²) in [6.07, 6.45) is 2.12. The first-order valence-corrected chi connectivity index (χ1v) is 7.05. The van der Waals surface area contributed by atoms with Gasteiger partial charge in [0, 0.05) is 40.9 Å². The Morgan fingerprint density at radius 2 is 2.25 bits per heavy atom. The summed E-state index contributed by atoms with van der Waals surface area (Å²) in [7, 11) is 0. The molecule has 0 atom stereocenters. The quantitative estimate of drug-likeness (QED) is 0.892. The summed E-state index contributed by atoms with van der Waals surface area (Å²) in [5.41, 5.74) is 1.34. The summed E-state index contributed by atoms with van der Waals surface area (Å²) in [6.45, 7) is 5.05. The second-order valence-corrected chi connectivity index (χ2v) is 5.44. The highest BCUT2D eigenvalue weighted by atomic mass is 79.9. The maximum atomic E-state index is 3.54. The summed E-state index contributed by atoms with van der Waals surface area (Å²) < 4.78 is 3.46. The Balaban J connectivity index is 1.87. The lowest BCUT2D eigenvalue weighted by atomic mass is 10.4. The van der Waals surface area contributed by atoms with Gasteiger partial charge in [-0.1, -0.05) is 0 Å². The van der Waals surface area contributed by atoms with Crippen molar-refractivity contribution in [2.75, 3.05) is 0 Å². The van der Waals surface area contributed by atoms with Crippen LogP contribution in [0.1, 0.15) is 17.5 Å². The minimum atomic E-state index is 0.922. The second kappa shape index (κ2) is 5.66. The van der Waals surface area contributed by atoms with Crippen LogP contribution < -0.4 is 5.32 Å². The van der Waals surface area contributed by atoms with E-state index in [9.17, 15) is 0 Å². The fraction of sp³-hybridized carbons (Fsp3) is 0.333. The van der Waals surface area contributed by atoms with Crippen LogP contribution in [-0.2, 0) is 19.6 Å². The second-order valence-electron chi connectivity index (χ2n) is 3.58. The van der Waals surface area contributed by atoms with E-state index < -0.39 is 0 Å². The highest BCUT2D eigenvalue weighted by Crippen LogP contribution is 2.22. The molecule has 0 aliphatic rings. The first kappa shape index (κ1) is 11.9. The van der Waals surface area contributed by atoms with Crippen LogP contribution in [0.4, 0.5) is 0 Å². The zero-order valence-electron chi connectivity index (χ0n) is 9.24. The lowest BCUT2D eigenvalue weighted by molar-refractivity contribution is 0.632. The molecule has 86 valence electrons. The SMILES string of the molecule is CCn1cccc1CNCc1sccc1Br. The average Bonchev–Trinajstić information content (AvgIpc) is 2.88. The van der Waals surface area contributed by atoms with Gasteiger partial charge in [-0.2, -0.15) is 0 Å². The molecule has 0 aliphatic carbocycles. The zero-order chi connectivity index (χ0) is 11.4. The van der Waals surface area contributed by atoms with Gasteiger partial charge in [-0.05, 0) is 46.4 Å². The molecule has 0 aromatic carbocycles. The minimum Gasteiger partial charge on any atom is -0.351 e. The zero-order valence-corrected chi connectivity index (χ0v) is 11.6. The van der Waals surface area contributed by atoms with E-state index in [1.165, 1.54) is 15.0 Å². The van der Waals surface area contributed by atoms with Crippen molar-refractivity contribution in [1.82, 2.24) is 9.88 Å². The number of thiophene rings is 1. The standard InChI is InChI=1S/C12H15BrN2S/c1-2-15-6-3-4-10(15)8-14-9-12-11(13)5-7-16-12/h3-7,14H,2,8-9H2,1H3. The van der Waals surface area contributed by atoms with Gasteiger partial charge in [0.05, 0.1) is 0 Å². The van der Waals surface area contributed by atoms with Crippen LogP contribution in [0.25, 0.3) is 0 Å². The van der Waals surface area contributed by atoms with E-state index in [1.807, 2.05) is 0 Å². The molecular weight excluding hydrogens is 284 g/mol. The lowest BCUT2D eigenvalue weighted by Crippen LogP contribution is -2.14. The van der Waals surface area contributed by atoms with Crippen LogP contribution in [0.5, 0.6) is 0 Å². The topological polar surface area (TPSA) is 17.0 Å². The van der Waals surface area contributed by atoms with E-state index in [0.717, 1.165) is 19.6 Å². The van der Waals surface area contributed by atoms with Gasteiger partial charge in [0.25, 0.3) is 0 Å². The number of halogens is 1. The Bertz CT molecular complexity index is 447. The molecule has 16 heavy (non-hydrogen) atoms. The molecular formula is C12H15BrN2S. The molecule has 0 bridgehead atoms. The Morgan fingerprint density at radius 3 is 2.94 bits per heavy atom. The number of hydrogen-bond acceptors (Lipinski definition) is 2. The van der Waals surface area contributed by atoms with Gasteiger partial charge in [-0.15, -0.1) is 11.3 Å². The van der Waals surface area contributed by atoms with Gasteiger partial charge in [-0.25, -0.2) is 0 Å². The number of aromatic nitrogens is 1. The third-order valence-corrected chi connectivity index (χ3v) is 4.47. The Morgan fingerprint density at radius 1 is 1.38 bits per heavy atom. The minimum absolute atomic E-state index is 0.922. The lowest BCUT2D eigenvalue weighted by Gasteiger charge is -2.07. The van der Waals surface area contributed by atoms with Crippen LogP contribution in [0.3, 0.4) is 0 Å². The number of hydrogen-bond donors (Lipinski definition) is 1. The molecule has 0 radical (unpaired) electrons. The fourth-order valence-corrected chi connectivity index (χ4v) is 3.14. The third kappa shape index (κ3) is 2.75. The van der Waals surface area contributed by atoms with E-state index in [-0.39, 0.29) is 0 Å². The fourth-order valence-electron chi connectivity index (χ4n) is 1.67. The number of nitrogens with one attached hydrogen (secondary N) is 1. The van der Waals surface area contributed by atoms with Gasteiger partial charge >= 0.3 is 0 Å². The summed E-state index contributed by atoms with van der Waals surface area (Å²) in [5.74, 6) is 0. The van der Waals surface area contributed by atoms with Crippen molar-refractivity contribution in [2.45, 2.75) is 26.6 Å². The molecule has 2 rings (SSSR count). The van der Waals surface area contributed by atoms with E-state index in [4.69, 9.17) is 0 Å². The summed E-state index contributed by atoms with van der Waals surface area (Å²) in [6, 6.07) is 6.36. The Hall–Kier alpha value is -0.580. The van der Waals surface area contributed by atoms with E-state index >= 15 is 0 Å². The molecule has 0 saturated carbocycles. The van der Waals surface area contributed by atoms with Gasteiger partial charge in [0.1, 0.15) is 0 Å². The van der Waals surface area contributed by atoms with Crippen molar-refractivity contribution in [3.05, 3.63) is 44.8 Å². The molecule has 0 aliphatic heterocycles. The normalized spacial score (nSPS) is 10.9. The van der Waals surface area contributed by atoms with Crippen molar-refractivity contribution in [2.24, 2.45) is 0 Å². The Kier molecular flexibility index (Phi) is 4.21. The first-order valence-electron chi connectivity index (χ1n) is 5.38. The molecule has 0 fully saturated rings. The highest BCUT2D eigenvalue weighted by molar-refractivity contribution is 9.10. The number of aryl methyl sites for hydroxylation is 1. The van der Waals surface area contributed by atoms with Gasteiger partial charge < -0.3 is 9.88 Å². The molecule has 0 spiro atoms. The monoisotopic (exact) mass is 298 g/mol. The predicted octanol–water partition coefficient (Wildman–Crippen LogP) is 3.62. The molecule has 2 heterocycles. The molecule has 1 N–H and O–H groups in total. The molecule has 0 unspecified atom stereocenters. The largest absolute Gasteiger partial charge is 0.351 e. The summed E-state index contributed by atoms with van der Waals surface area (Å²) in [4.78, 5) is 1.36. The van der Waals surface area contributed by atoms with Crippen molar-refractivity contribution in [3.8, 4) is 0 Å². The summed E-state index contributed by atoms with van der Waals surface area (Å²) >= 11 is 5.32. The van der Waals surface area contributed by atoms with Crippen molar-refractivity contribution >= 4 is 27.3 Å². The van der Waals surface area contributed by atoms with Gasteiger partial charge in [0.15, 0.2) is 0 Å². The van der Waals surface area contributed by atoms with Crippen LogP contribution in [0.15, 0.2) is 34.2 Å². The molecule has 2 aromatic rings. The molecule has 4 heteroatoms. The smallest absolute Gasteiger partial charge is 0.0362 e. The van der Waals surface area contributed by atoms with Crippen LogP contribution in [0, 0.1) is 0 Å². The predicted molar refractivity (Wildman–Crippen MR) is 72.7 cm³/mol. The van der Waals surface area contributed by atoms with Crippen LogP contribution in [-0.4, -0.2) is 4.57 Å². The third-order valence-electron chi connectivity index (χ3n) is 2.55. The van der Waals surface area contributed by atoms with Crippen molar-refractivity contribution in [3.63, 3.8) is 0 Å². The van der Waals surface area contributed by atoms with Crippen LogP contribution in [0.2, 0.25) is 0 Å². The molecule has 2 nitrogen and oxygen atoms in total. The first-order chi connectivity index (χ1) is 7.81. The summed E-state index contributed by atoms with van der Waals surface area (Å²) in [5, 5.41) is 5.57. The van der Waals surface area contributed by atoms with Crippen molar-refractivity contribution in [1.29, 1.82) is 0 Å².